The van der Waals surface area contributed by atoms with Crippen molar-refractivity contribution in [3.05, 3.63) is 106 Å². The van der Waals surface area contributed by atoms with Crippen LogP contribution in [0.25, 0.3) is 10.9 Å². The van der Waals surface area contributed by atoms with Gasteiger partial charge in [0, 0.05) is 5.56 Å². The molecule has 29 heavy (non-hydrogen) atoms. The highest BCUT2D eigenvalue weighted by Crippen LogP contribution is 2.13. The lowest BCUT2D eigenvalue weighted by Crippen LogP contribution is -2.37. The summed E-state index contributed by atoms with van der Waals surface area (Å²) in [6, 6.07) is 20.9. The average Bonchev–Trinajstić information content (AvgIpc) is 2.75. The molecule has 0 saturated carbocycles. The third kappa shape index (κ3) is 3.98. The fourth-order valence-electron chi connectivity index (χ4n) is 2.82. The predicted molar refractivity (Wildman–Crippen MR) is 107 cm³/mol. The first-order valence-electron chi connectivity index (χ1n) is 8.87. The Morgan fingerprint density at radius 2 is 1.66 bits per heavy atom. The molecule has 0 aliphatic rings. The van der Waals surface area contributed by atoms with Crippen LogP contribution in [0.15, 0.2) is 83.7 Å². The minimum atomic E-state index is -0.565. The van der Waals surface area contributed by atoms with Gasteiger partial charge in [0.15, 0.2) is 5.82 Å². The Balaban J connectivity index is 1.71. The maximum Gasteiger partial charge on any atom is 0.280 e. The molecule has 0 spiro atoms. The molecule has 0 unspecified atom stereocenters. The van der Waals surface area contributed by atoms with Crippen molar-refractivity contribution in [2.75, 3.05) is 5.43 Å². The molecule has 0 atom stereocenters. The summed E-state index contributed by atoms with van der Waals surface area (Å²) in [7, 11) is 0. The Kier molecular flexibility index (Phi) is 5.03. The summed E-state index contributed by atoms with van der Waals surface area (Å²) in [5.41, 5.74) is 2.82. The number of carbonyl (C=O) groups excluding carboxylic acids is 1. The second-order valence-electron chi connectivity index (χ2n) is 6.24. The number of rotatable bonds is 5. The Hall–Kier alpha value is -4.00. The largest absolute Gasteiger partial charge is 0.486 e. The minimum Gasteiger partial charge on any atom is -0.486 e. The summed E-state index contributed by atoms with van der Waals surface area (Å²) in [6.07, 6.45) is 0. The molecule has 1 aromatic heterocycles. The number of ether oxygens (including phenoxy) is 1. The minimum absolute atomic E-state index is 0.0339. The Labute approximate surface area is 165 Å². The molecule has 144 valence electrons. The monoisotopic (exact) mass is 389 g/mol. The molecule has 1 amide bonds. The number of fused-ring (bicyclic) bond motifs is 1. The Bertz CT molecular complexity index is 1220. The fourth-order valence-corrected chi connectivity index (χ4v) is 2.82. The standard InChI is InChI=1S/C22H16FN3O3/c23-16-12-10-15(11-13-16)21(27)25-26-20(14-29-17-6-2-1-3-7-17)24-19-9-5-4-8-18(19)22(26)28/h1-13H,14H2,(H,25,27). The summed E-state index contributed by atoms with van der Waals surface area (Å²) in [5, 5.41) is 0.357. The van der Waals surface area contributed by atoms with E-state index < -0.39 is 17.3 Å². The first-order valence-corrected chi connectivity index (χ1v) is 8.87. The zero-order valence-corrected chi connectivity index (χ0v) is 15.2. The third-order valence-electron chi connectivity index (χ3n) is 4.28. The number of carbonyl (C=O) groups is 1. The molecule has 0 bridgehead atoms. The van der Waals surface area contributed by atoms with E-state index >= 15 is 0 Å². The van der Waals surface area contributed by atoms with Gasteiger partial charge in [-0.2, -0.15) is 4.68 Å². The quantitative estimate of drug-likeness (QED) is 0.567. The van der Waals surface area contributed by atoms with Crippen LogP contribution in [0.2, 0.25) is 0 Å². The molecule has 4 aromatic rings. The van der Waals surface area contributed by atoms with E-state index in [9.17, 15) is 14.0 Å². The van der Waals surface area contributed by atoms with Crippen LogP contribution in [0.1, 0.15) is 16.2 Å². The summed E-state index contributed by atoms with van der Waals surface area (Å²) in [5.74, 6) is -0.187. The van der Waals surface area contributed by atoms with Gasteiger partial charge in [0.2, 0.25) is 0 Å². The van der Waals surface area contributed by atoms with Gasteiger partial charge in [0.1, 0.15) is 18.2 Å². The fraction of sp³-hybridized carbons (Fsp3) is 0.0455. The van der Waals surface area contributed by atoms with E-state index in [-0.39, 0.29) is 18.0 Å². The van der Waals surface area contributed by atoms with Gasteiger partial charge in [0.05, 0.1) is 10.9 Å². The van der Waals surface area contributed by atoms with Gasteiger partial charge < -0.3 is 4.74 Å². The molecular formula is C22H16FN3O3. The second-order valence-corrected chi connectivity index (χ2v) is 6.24. The molecule has 0 radical (unpaired) electrons. The van der Waals surface area contributed by atoms with Crippen molar-refractivity contribution >= 4 is 16.8 Å². The van der Waals surface area contributed by atoms with E-state index in [1.165, 1.54) is 24.3 Å². The Morgan fingerprint density at radius 3 is 2.41 bits per heavy atom. The molecule has 3 aromatic carbocycles. The van der Waals surface area contributed by atoms with Crippen molar-refractivity contribution in [3.63, 3.8) is 0 Å². The van der Waals surface area contributed by atoms with Crippen molar-refractivity contribution < 1.29 is 13.9 Å². The van der Waals surface area contributed by atoms with Crippen LogP contribution >= 0.6 is 0 Å². The van der Waals surface area contributed by atoms with Gasteiger partial charge in [-0.1, -0.05) is 30.3 Å². The van der Waals surface area contributed by atoms with Crippen LogP contribution in [0.5, 0.6) is 5.75 Å². The molecular weight excluding hydrogens is 373 g/mol. The van der Waals surface area contributed by atoms with Crippen LogP contribution in [0.3, 0.4) is 0 Å². The molecule has 0 aliphatic heterocycles. The first-order chi connectivity index (χ1) is 14.1. The van der Waals surface area contributed by atoms with Crippen LogP contribution in [-0.4, -0.2) is 15.6 Å². The molecule has 7 heteroatoms. The molecule has 1 heterocycles. The van der Waals surface area contributed by atoms with Crippen LogP contribution < -0.4 is 15.7 Å². The topological polar surface area (TPSA) is 73.2 Å². The number of hydrogen-bond acceptors (Lipinski definition) is 4. The predicted octanol–water partition coefficient (Wildman–Crippen LogP) is 3.50. The number of hydrogen-bond donors (Lipinski definition) is 1. The molecule has 0 aliphatic carbocycles. The van der Waals surface area contributed by atoms with E-state index in [0.717, 1.165) is 4.68 Å². The lowest BCUT2D eigenvalue weighted by atomic mass is 10.2. The summed E-state index contributed by atoms with van der Waals surface area (Å²) in [6.45, 7) is -0.0339. The molecule has 4 rings (SSSR count). The number of amides is 1. The van der Waals surface area contributed by atoms with Crippen molar-refractivity contribution in [1.82, 2.24) is 9.66 Å². The molecule has 0 saturated heterocycles. The number of para-hydroxylation sites is 2. The number of halogens is 1. The molecule has 1 N–H and O–H groups in total. The van der Waals surface area contributed by atoms with Gasteiger partial charge in [-0.05, 0) is 48.5 Å². The average molecular weight is 389 g/mol. The maximum atomic E-state index is 13.1. The van der Waals surface area contributed by atoms with Gasteiger partial charge in [0.25, 0.3) is 11.5 Å². The van der Waals surface area contributed by atoms with Crippen LogP contribution in [0.4, 0.5) is 4.39 Å². The van der Waals surface area contributed by atoms with Crippen LogP contribution in [0, 0.1) is 5.82 Å². The molecule has 6 nitrogen and oxygen atoms in total. The van der Waals surface area contributed by atoms with Gasteiger partial charge in [-0.3, -0.25) is 15.0 Å². The summed E-state index contributed by atoms with van der Waals surface area (Å²) >= 11 is 0. The van der Waals surface area contributed by atoms with Crippen molar-refractivity contribution in [3.8, 4) is 5.75 Å². The third-order valence-corrected chi connectivity index (χ3v) is 4.28. The van der Waals surface area contributed by atoms with Crippen molar-refractivity contribution in [1.29, 1.82) is 0 Å². The van der Waals surface area contributed by atoms with Gasteiger partial charge >= 0.3 is 0 Å². The van der Waals surface area contributed by atoms with Crippen LogP contribution in [-0.2, 0) is 6.61 Å². The van der Waals surface area contributed by atoms with Crippen molar-refractivity contribution in [2.45, 2.75) is 6.61 Å². The smallest absolute Gasteiger partial charge is 0.280 e. The molecule has 0 fully saturated rings. The number of nitrogens with zero attached hydrogens (tertiary/aromatic N) is 2. The first kappa shape index (κ1) is 18.4. The van der Waals surface area contributed by atoms with E-state index in [0.29, 0.717) is 16.7 Å². The SMILES string of the molecule is O=C(Nn1c(COc2ccccc2)nc2ccccc2c1=O)c1ccc(F)cc1. The number of benzene rings is 3. The van der Waals surface area contributed by atoms with E-state index in [1.54, 1.807) is 36.4 Å². The highest BCUT2D eigenvalue weighted by molar-refractivity contribution is 6.00. The Morgan fingerprint density at radius 1 is 0.966 bits per heavy atom. The zero-order valence-electron chi connectivity index (χ0n) is 15.2. The number of aromatic nitrogens is 2. The lowest BCUT2D eigenvalue weighted by molar-refractivity contribution is 0.100. The second kappa shape index (κ2) is 7.93. The summed E-state index contributed by atoms with van der Waals surface area (Å²) < 4.78 is 19.9. The number of nitrogens with one attached hydrogen (secondary N) is 1. The van der Waals surface area contributed by atoms with Gasteiger partial charge in [-0.15, -0.1) is 0 Å². The highest BCUT2D eigenvalue weighted by atomic mass is 19.1. The van der Waals surface area contributed by atoms with Crippen molar-refractivity contribution in [2.24, 2.45) is 0 Å². The van der Waals surface area contributed by atoms with E-state index in [2.05, 4.69) is 10.4 Å². The zero-order chi connectivity index (χ0) is 20.2. The normalized spacial score (nSPS) is 10.7. The lowest BCUT2D eigenvalue weighted by Gasteiger charge is -2.15. The van der Waals surface area contributed by atoms with E-state index in [4.69, 9.17) is 4.74 Å². The van der Waals surface area contributed by atoms with E-state index in [1.807, 2.05) is 18.2 Å². The maximum absolute atomic E-state index is 13.1. The van der Waals surface area contributed by atoms with Gasteiger partial charge in [-0.25, -0.2) is 9.37 Å². The summed E-state index contributed by atoms with van der Waals surface area (Å²) in [4.78, 5) is 30.0. The highest BCUT2D eigenvalue weighted by Gasteiger charge is 2.15.